The zero-order chi connectivity index (χ0) is 16.4. The van der Waals surface area contributed by atoms with Crippen molar-refractivity contribution in [2.75, 3.05) is 6.54 Å². The molecule has 1 aliphatic rings. The molecule has 0 saturated heterocycles. The summed E-state index contributed by atoms with van der Waals surface area (Å²) in [7, 11) is 0. The average molecular weight is 335 g/mol. The second-order valence-corrected chi connectivity index (χ2v) is 7.14. The molecule has 23 heavy (non-hydrogen) atoms. The zero-order valence-electron chi connectivity index (χ0n) is 13.1. The molecule has 0 bridgehead atoms. The van der Waals surface area contributed by atoms with Crippen molar-refractivity contribution in [2.45, 2.75) is 51.6 Å². The van der Waals surface area contributed by atoms with E-state index in [1.807, 2.05) is 0 Å². The van der Waals surface area contributed by atoms with E-state index in [-0.39, 0.29) is 24.4 Å². The molecule has 0 aromatic carbocycles. The van der Waals surface area contributed by atoms with E-state index in [1.165, 1.54) is 16.9 Å². The number of hydrogen-bond acceptors (Lipinski definition) is 5. The van der Waals surface area contributed by atoms with Crippen LogP contribution in [0.4, 0.5) is 0 Å². The third kappa shape index (κ3) is 3.61. The Labute approximate surface area is 138 Å². The Balaban J connectivity index is 1.75. The lowest BCUT2D eigenvalue weighted by atomic mass is 9.97. The van der Waals surface area contributed by atoms with Gasteiger partial charge in [0.25, 0.3) is 5.56 Å². The molecule has 3 rings (SSSR count). The van der Waals surface area contributed by atoms with Crippen LogP contribution in [-0.4, -0.2) is 33.6 Å². The molecular weight excluding hydrogens is 314 g/mol. The maximum absolute atomic E-state index is 12.4. The van der Waals surface area contributed by atoms with E-state index < -0.39 is 6.10 Å². The van der Waals surface area contributed by atoms with Gasteiger partial charge in [-0.2, -0.15) is 0 Å². The van der Waals surface area contributed by atoms with E-state index in [1.54, 1.807) is 18.3 Å². The van der Waals surface area contributed by atoms with Crippen LogP contribution in [0.1, 0.15) is 42.5 Å². The Morgan fingerprint density at radius 2 is 2.22 bits per heavy atom. The highest BCUT2D eigenvalue weighted by molar-refractivity contribution is 7.18. The lowest BCUT2D eigenvalue weighted by Crippen LogP contribution is -2.30. The number of aromatic nitrogens is 2. The molecular formula is C16H21N3O3S. The van der Waals surface area contributed by atoms with Gasteiger partial charge in [0.05, 0.1) is 11.5 Å². The summed E-state index contributed by atoms with van der Waals surface area (Å²) in [5, 5.41) is 12.5. The number of fused-ring (bicyclic) bond motifs is 3. The fourth-order valence-electron chi connectivity index (χ4n) is 2.91. The van der Waals surface area contributed by atoms with Crippen LogP contribution in [0.15, 0.2) is 4.79 Å². The predicted molar refractivity (Wildman–Crippen MR) is 89.9 cm³/mol. The number of hydrogen-bond donors (Lipinski definition) is 3. The summed E-state index contributed by atoms with van der Waals surface area (Å²) in [6.45, 7) is 1.85. The number of carbonyl (C=O) groups excluding carboxylic acids is 1. The number of aromatic amines is 1. The molecule has 124 valence electrons. The summed E-state index contributed by atoms with van der Waals surface area (Å²) in [6.07, 6.45) is 4.36. The van der Waals surface area contributed by atoms with Gasteiger partial charge in [-0.15, -0.1) is 11.3 Å². The monoisotopic (exact) mass is 335 g/mol. The molecule has 1 atom stereocenters. The molecule has 0 radical (unpaired) electrons. The SMILES string of the molecule is CC(O)CNC(=O)CCc1nc2sc3c(c2c(=O)[nH]1)CCCC3. The quantitative estimate of drug-likeness (QED) is 0.767. The average Bonchev–Trinajstić information content (AvgIpc) is 2.89. The van der Waals surface area contributed by atoms with Gasteiger partial charge in [0.1, 0.15) is 10.7 Å². The Hall–Kier alpha value is -1.73. The molecule has 7 heteroatoms. The second-order valence-electron chi connectivity index (χ2n) is 6.06. The molecule has 1 unspecified atom stereocenters. The fraction of sp³-hybridized carbons (Fsp3) is 0.562. The molecule has 0 spiro atoms. The molecule has 1 amide bonds. The first-order chi connectivity index (χ1) is 11.0. The molecule has 2 aromatic heterocycles. The second kappa shape index (κ2) is 6.80. The predicted octanol–water partition coefficient (Wildman–Crippen LogP) is 1.29. The number of amides is 1. The lowest BCUT2D eigenvalue weighted by molar-refractivity contribution is -0.121. The highest BCUT2D eigenvalue weighted by Gasteiger charge is 2.19. The maximum atomic E-state index is 12.4. The fourth-order valence-corrected chi connectivity index (χ4v) is 4.19. The number of carbonyl (C=O) groups is 1. The molecule has 0 saturated carbocycles. The smallest absolute Gasteiger partial charge is 0.259 e. The van der Waals surface area contributed by atoms with Gasteiger partial charge < -0.3 is 15.4 Å². The molecule has 1 aliphatic carbocycles. The van der Waals surface area contributed by atoms with Crippen molar-refractivity contribution in [3.8, 4) is 0 Å². The van der Waals surface area contributed by atoms with Gasteiger partial charge in [-0.1, -0.05) is 0 Å². The van der Waals surface area contributed by atoms with E-state index in [2.05, 4.69) is 15.3 Å². The highest BCUT2D eigenvalue weighted by atomic mass is 32.1. The Morgan fingerprint density at radius 3 is 3.00 bits per heavy atom. The summed E-state index contributed by atoms with van der Waals surface area (Å²) < 4.78 is 0. The lowest BCUT2D eigenvalue weighted by Gasteiger charge is -2.09. The van der Waals surface area contributed by atoms with Crippen LogP contribution < -0.4 is 10.9 Å². The van der Waals surface area contributed by atoms with Gasteiger partial charge in [0.15, 0.2) is 0 Å². The summed E-state index contributed by atoms with van der Waals surface area (Å²) in [5.74, 6) is 0.396. The van der Waals surface area contributed by atoms with Crippen molar-refractivity contribution in [1.82, 2.24) is 15.3 Å². The first-order valence-corrected chi connectivity index (χ1v) is 8.84. The maximum Gasteiger partial charge on any atom is 0.259 e. The van der Waals surface area contributed by atoms with Gasteiger partial charge >= 0.3 is 0 Å². The summed E-state index contributed by atoms with van der Waals surface area (Å²) in [6, 6.07) is 0. The normalized spacial score (nSPS) is 15.4. The van der Waals surface area contributed by atoms with Crippen LogP contribution >= 0.6 is 11.3 Å². The first-order valence-electron chi connectivity index (χ1n) is 8.03. The van der Waals surface area contributed by atoms with Crippen molar-refractivity contribution in [3.05, 3.63) is 26.6 Å². The topological polar surface area (TPSA) is 95.1 Å². The number of aliphatic hydroxyl groups is 1. The van der Waals surface area contributed by atoms with Crippen LogP contribution in [0.2, 0.25) is 0 Å². The van der Waals surface area contributed by atoms with Crippen LogP contribution in [0.3, 0.4) is 0 Å². The Kier molecular flexibility index (Phi) is 4.77. The first kappa shape index (κ1) is 16.1. The van der Waals surface area contributed by atoms with Crippen LogP contribution in [0, 0.1) is 0 Å². The number of nitrogens with one attached hydrogen (secondary N) is 2. The molecule has 2 aromatic rings. The summed E-state index contributed by atoms with van der Waals surface area (Å²) in [4.78, 5) is 33.5. The van der Waals surface area contributed by atoms with Gasteiger partial charge in [0, 0.05) is 24.3 Å². The number of H-pyrrole nitrogens is 1. The minimum Gasteiger partial charge on any atom is -0.392 e. The number of thiophene rings is 1. The summed E-state index contributed by atoms with van der Waals surface area (Å²) >= 11 is 1.61. The van der Waals surface area contributed by atoms with Crippen LogP contribution in [0.25, 0.3) is 10.2 Å². The highest BCUT2D eigenvalue weighted by Crippen LogP contribution is 2.33. The number of aliphatic hydroxyl groups excluding tert-OH is 1. The van der Waals surface area contributed by atoms with E-state index >= 15 is 0 Å². The van der Waals surface area contributed by atoms with E-state index in [0.717, 1.165) is 29.5 Å². The number of nitrogens with zero attached hydrogens (tertiary/aromatic N) is 1. The molecule has 0 aliphatic heterocycles. The zero-order valence-corrected chi connectivity index (χ0v) is 14.0. The third-order valence-corrected chi connectivity index (χ3v) is 5.24. The van der Waals surface area contributed by atoms with Crippen molar-refractivity contribution in [2.24, 2.45) is 0 Å². The van der Waals surface area contributed by atoms with Gasteiger partial charge in [-0.25, -0.2) is 4.98 Å². The standard InChI is InChI=1S/C16H21N3O3S/c1-9(20)8-17-13(21)7-6-12-18-15(22)14-10-4-2-3-5-11(10)23-16(14)19-12/h9,20H,2-8H2,1H3,(H,17,21)(H,18,19,22). The van der Waals surface area contributed by atoms with Crippen LogP contribution in [0.5, 0.6) is 0 Å². The largest absolute Gasteiger partial charge is 0.392 e. The van der Waals surface area contributed by atoms with E-state index in [9.17, 15) is 9.59 Å². The number of aryl methyl sites for hydroxylation is 3. The van der Waals surface area contributed by atoms with Crippen molar-refractivity contribution < 1.29 is 9.90 Å². The summed E-state index contributed by atoms with van der Waals surface area (Å²) in [5.41, 5.74) is 1.08. The molecule has 6 nitrogen and oxygen atoms in total. The van der Waals surface area contributed by atoms with Crippen molar-refractivity contribution in [3.63, 3.8) is 0 Å². The van der Waals surface area contributed by atoms with Gasteiger partial charge in [-0.05, 0) is 38.2 Å². The van der Waals surface area contributed by atoms with Crippen LogP contribution in [-0.2, 0) is 24.1 Å². The minimum atomic E-state index is -0.564. The third-order valence-electron chi connectivity index (χ3n) is 4.06. The molecule has 2 heterocycles. The Bertz CT molecular complexity index is 779. The number of rotatable bonds is 5. The van der Waals surface area contributed by atoms with Gasteiger partial charge in [-0.3, -0.25) is 9.59 Å². The van der Waals surface area contributed by atoms with E-state index in [0.29, 0.717) is 12.2 Å². The van der Waals surface area contributed by atoms with E-state index in [4.69, 9.17) is 5.11 Å². The van der Waals surface area contributed by atoms with Crippen molar-refractivity contribution >= 4 is 27.5 Å². The van der Waals surface area contributed by atoms with Crippen molar-refractivity contribution in [1.29, 1.82) is 0 Å². The minimum absolute atomic E-state index is 0.0891. The Morgan fingerprint density at radius 1 is 1.43 bits per heavy atom. The molecule has 3 N–H and O–H groups in total. The molecule has 0 fully saturated rings. The van der Waals surface area contributed by atoms with Gasteiger partial charge in [0.2, 0.25) is 5.91 Å².